The van der Waals surface area contributed by atoms with Crippen molar-refractivity contribution in [2.75, 3.05) is 0 Å². The number of H-pyrrole nitrogens is 1. The van der Waals surface area contributed by atoms with Crippen LogP contribution in [0.4, 0.5) is 0 Å². The lowest BCUT2D eigenvalue weighted by atomic mass is 10.4. The van der Waals surface area contributed by atoms with Gasteiger partial charge in [-0.15, -0.1) is 0 Å². The van der Waals surface area contributed by atoms with E-state index in [4.69, 9.17) is 0 Å². The van der Waals surface area contributed by atoms with E-state index in [1.807, 2.05) is 0 Å². The summed E-state index contributed by atoms with van der Waals surface area (Å²) in [5.74, 6) is 0. The molecule has 68 valence electrons. The third-order valence-corrected chi connectivity index (χ3v) is 1.90. The number of aromatic nitrogens is 4. The Balaban J connectivity index is 3.13. The Hall–Kier alpha value is -1.85. The van der Waals surface area contributed by atoms with Crippen LogP contribution in [0.1, 0.15) is 0 Å². The van der Waals surface area contributed by atoms with E-state index >= 15 is 0 Å². The number of hydrogen-bond donors (Lipinski definition) is 1. The normalized spacial score (nSPS) is 10.9. The summed E-state index contributed by atoms with van der Waals surface area (Å²) in [6, 6.07) is 0. The zero-order valence-corrected chi connectivity index (χ0v) is 7.24. The van der Waals surface area contributed by atoms with E-state index < -0.39 is 11.2 Å². The van der Waals surface area contributed by atoms with E-state index in [0.717, 1.165) is 0 Å². The number of nitrogens with one attached hydrogen (secondary N) is 1. The molecule has 0 fully saturated rings. The Bertz CT molecular complexity index is 574. The monoisotopic (exact) mass is 180 g/mol. The van der Waals surface area contributed by atoms with Crippen LogP contribution in [-0.4, -0.2) is 19.3 Å². The van der Waals surface area contributed by atoms with Crippen LogP contribution in [0.5, 0.6) is 0 Å². The molecule has 0 saturated heterocycles. The Morgan fingerprint density at radius 3 is 2.77 bits per heavy atom. The maximum atomic E-state index is 11.2. The standard InChI is InChI=1S/C7H8N4O2/c1-10-3-4-5(9-10)11(2)7(13)8-6(4)12/h3H,1-2H3,(H,8,12,13). The van der Waals surface area contributed by atoms with Crippen molar-refractivity contribution in [3.8, 4) is 0 Å². The van der Waals surface area contributed by atoms with Gasteiger partial charge in [-0.2, -0.15) is 5.10 Å². The maximum Gasteiger partial charge on any atom is 0.329 e. The van der Waals surface area contributed by atoms with Crippen LogP contribution in [0.2, 0.25) is 0 Å². The zero-order valence-electron chi connectivity index (χ0n) is 7.24. The molecular weight excluding hydrogens is 172 g/mol. The topological polar surface area (TPSA) is 72.7 Å². The van der Waals surface area contributed by atoms with E-state index in [2.05, 4.69) is 10.1 Å². The van der Waals surface area contributed by atoms with Crippen LogP contribution < -0.4 is 11.2 Å². The van der Waals surface area contributed by atoms with E-state index in [0.29, 0.717) is 11.0 Å². The molecule has 2 aromatic heterocycles. The molecule has 13 heavy (non-hydrogen) atoms. The van der Waals surface area contributed by atoms with E-state index in [1.165, 1.54) is 9.25 Å². The second kappa shape index (κ2) is 2.32. The number of fused-ring (bicyclic) bond motifs is 1. The van der Waals surface area contributed by atoms with Crippen LogP contribution in [0, 0.1) is 0 Å². The van der Waals surface area contributed by atoms with Crippen LogP contribution in [-0.2, 0) is 14.1 Å². The molecule has 1 N–H and O–H groups in total. The smallest absolute Gasteiger partial charge is 0.279 e. The third kappa shape index (κ3) is 0.986. The maximum absolute atomic E-state index is 11.2. The summed E-state index contributed by atoms with van der Waals surface area (Å²) in [6.45, 7) is 0. The molecule has 2 rings (SSSR count). The SMILES string of the molecule is Cn1cc2c(=O)[nH]c(=O)n(C)c2n1. The minimum absolute atomic E-state index is 0.397. The molecule has 0 atom stereocenters. The van der Waals surface area contributed by atoms with Crippen LogP contribution >= 0.6 is 0 Å². The lowest BCUT2D eigenvalue weighted by Gasteiger charge is -1.94. The Morgan fingerprint density at radius 2 is 2.08 bits per heavy atom. The minimum atomic E-state index is -0.448. The predicted octanol–water partition coefficient (Wildman–Crippen LogP) is -1.04. The molecule has 0 bridgehead atoms. The molecule has 0 saturated carbocycles. The van der Waals surface area contributed by atoms with E-state index in [9.17, 15) is 9.59 Å². The van der Waals surface area contributed by atoms with Crippen molar-refractivity contribution in [3.63, 3.8) is 0 Å². The summed E-state index contributed by atoms with van der Waals surface area (Å²) in [5, 5.41) is 4.41. The average molecular weight is 180 g/mol. The molecule has 0 radical (unpaired) electrons. The van der Waals surface area contributed by atoms with Crippen molar-refractivity contribution in [3.05, 3.63) is 27.0 Å². The Labute approximate surface area is 72.4 Å². The Kier molecular flexibility index (Phi) is 1.39. The first kappa shape index (κ1) is 7.78. The van der Waals surface area contributed by atoms with E-state index in [1.54, 1.807) is 20.3 Å². The molecule has 0 aromatic carbocycles. The van der Waals surface area contributed by atoms with Gasteiger partial charge in [0.15, 0.2) is 5.65 Å². The van der Waals surface area contributed by atoms with Crippen LogP contribution in [0.25, 0.3) is 11.0 Å². The fraction of sp³-hybridized carbons (Fsp3) is 0.286. The highest BCUT2D eigenvalue weighted by Gasteiger charge is 2.06. The first-order valence-corrected chi connectivity index (χ1v) is 3.72. The van der Waals surface area contributed by atoms with Gasteiger partial charge in [-0.3, -0.25) is 19.0 Å². The minimum Gasteiger partial charge on any atom is -0.279 e. The second-order valence-electron chi connectivity index (χ2n) is 2.86. The van der Waals surface area contributed by atoms with Crippen molar-refractivity contribution in [1.82, 2.24) is 19.3 Å². The lowest BCUT2D eigenvalue weighted by Crippen LogP contribution is -2.27. The van der Waals surface area contributed by atoms with Gasteiger partial charge < -0.3 is 0 Å². The van der Waals surface area contributed by atoms with Crippen molar-refractivity contribution in [1.29, 1.82) is 0 Å². The van der Waals surface area contributed by atoms with Crippen LogP contribution in [0.15, 0.2) is 15.8 Å². The molecule has 0 aliphatic carbocycles. The summed E-state index contributed by atoms with van der Waals surface area (Å²) in [6.07, 6.45) is 1.58. The highest BCUT2D eigenvalue weighted by atomic mass is 16.2. The van der Waals surface area contributed by atoms with Gasteiger partial charge in [0.1, 0.15) is 5.39 Å². The zero-order chi connectivity index (χ0) is 9.59. The molecule has 0 spiro atoms. The molecule has 0 aliphatic rings. The summed E-state index contributed by atoms with van der Waals surface area (Å²) in [4.78, 5) is 24.6. The summed E-state index contributed by atoms with van der Waals surface area (Å²) < 4.78 is 2.80. The summed E-state index contributed by atoms with van der Waals surface area (Å²) in [5.41, 5.74) is -0.446. The fourth-order valence-electron chi connectivity index (χ4n) is 1.23. The number of nitrogens with zero attached hydrogens (tertiary/aromatic N) is 3. The molecule has 2 heterocycles. The predicted molar refractivity (Wildman–Crippen MR) is 46.6 cm³/mol. The van der Waals surface area contributed by atoms with Crippen molar-refractivity contribution < 1.29 is 0 Å². The lowest BCUT2D eigenvalue weighted by molar-refractivity contribution is 0.752. The van der Waals surface area contributed by atoms with Gasteiger partial charge in [0.05, 0.1) is 0 Å². The van der Waals surface area contributed by atoms with Crippen molar-refractivity contribution >= 4 is 11.0 Å². The molecule has 0 unspecified atom stereocenters. The molecule has 6 heteroatoms. The van der Waals surface area contributed by atoms with Gasteiger partial charge in [0.25, 0.3) is 5.56 Å². The molecule has 6 nitrogen and oxygen atoms in total. The van der Waals surface area contributed by atoms with Gasteiger partial charge in [-0.25, -0.2) is 4.79 Å². The van der Waals surface area contributed by atoms with Crippen molar-refractivity contribution in [2.45, 2.75) is 0 Å². The summed E-state index contributed by atoms with van der Waals surface area (Å²) in [7, 11) is 3.26. The molecular formula is C7H8N4O2. The highest BCUT2D eigenvalue weighted by molar-refractivity contribution is 5.72. The summed E-state index contributed by atoms with van der Waals surface area (Å²) >= 11 is 0. The quantitative estimate of drug-likeness (QED) is 0.562. The molecule has 2 aromatic rings. The first-order valence-electron chi connectivity index (χ1n) is 3.72. The van der Waals surface area contributed by atoms with Gasteiger partial charge in [0, 0.05) is 20.3 Å². The van der Waals surface area contributed by atoms with E-state index in [-0.39, 0.29) is 0 Å². The molecule has 0 aliphatic heterocycles. The second-order valence-corrected chi connectivity index (χ2v) is 2.86. The van der Waals surface area contributed by atoms with Gasteiger partial charge >= 0.3 is 5.69 Å². The fourth-order valence-corrected chi connectivity index (χ4v) is 1.23. The van der Waals surface area contributed by atoms with Crippen molar-refractivity contribution in [2.24, 2.45) is 14.1 Å². The first-order chi connectivity index (χ1) is 6.09. The van der Waals surface area contributed by atoms with Gasteiger partial charge in [0.2, 0.25) is 0 Å². The number of aromatic amines is 1. The molecule has 0 amide bonds. The number of rotatable bonds is 0. The van der Waals surface area contributed by atoms with Crippen LogP contribution in [0.3, 0.4) is 0 Å². The largest absolute Gasteiger partial charge is 0.329 e. The van der Waals surface area contributed by atoms with Gasteiger partial charge in [-0.1, -0.05) is 0 Å². The number of aryl methyl sites for hydroxylation is 2. The number of hydrogen-bond acceptors (Lipinski definition) is 3. The average Bonchev–Trinajstić information content (AvgIpc) is 2.44. The highest BCUT2D eigenvalue weighted by Crippen LogP contribution is 2.00. The van der Waals surface area contributed by atoms with Gasteiger partial charge in [-0.05, 0) is 0 Å². The third-order valence-electron chi connectivity index (χ3n) is 1.90. The Morgan fingerprint density at radius 1 is 1.38 bits per heavy atom.